The molecule has 2 radical (unpaired) electrons. The van der Waals surface area contributed by atoms with Gasteiger partial charge in [-0.2, -0.15) is 0 Å². The van der Waals surface area contributed by atoms with Crippen LogP contribution < -0.4 is 10.2 Å². The second kappa shape index (κ2) is 13.9. The molecule has 13 heavy (non-hydrogen) atoms. The SMILES string of the molecule is CC=CC(=O)[O-].CC=CC(=O)[O-].[Pb+2]. The summed E-state index contributed by atoms with van der Waals surface area (Å²) < 4.78 is 0. The summed E-state index contributed by atoms with van der Waals surface area (Å²) in [6, 6.07) is 0. The van der Waals surface area contributed by atoms with Gasteiger partial charge in [0.15, 0.2) is 0 Å². The first kappa shape index (κ1) is 18.2. The minimum atomic E-state index is -1.14. The molecule has 0 bridgehead atoms. The fourth-order valence-electron chi connectivity index (χ4n) is 0.272. The Morgan fingerprint density at radius 1 is 0.923 bits per heavy atom. The van der Waals surface area contributed by atoms with Crippen molar-refractivity contribution in [1.82, 2.24) is 0 Å². The van der Waals surface area contributed by atoms with Crippen LogP contribution in [0.4, 0.5) is 0 Å². The molecule has 5 heteroatoms. The number of rotatable bonds is 2. The molecule has 0 rings (SSSR count). The second-order valence-corrected chi connectivity index (χ2v) is 1.64. The van der Waals surface area contributed by atoms with Crippen LogP contribution in [0.2, 0.25) is 0 Å². The summed E-state index contributed by atoms with van der Waals surface area (Å²) in [5.41, 5.74) is 0. The second-order valence-electron chi connectivity index (χ2n) is 1.64. The molecule has 4 nitrogen and oxygen atoms in total. The molecule has 0 aliphatic rings. The fourth-order valence-corrected chi connectivity index (χ4v) is 0.272. The van der Waals surface area contributed by atoms with Crippen molar-refractivity contribution in [3.63, 3.8) is 0 Å². The zero-order chi connectivity index (χ0) is 9.98. The maximum absolute atomic E-state index is 9.40. The van der Waals surface area contributed by atoms with E-state index in [1.165, 1.54) is 12.2 Å². The van der Waals surface area contributed by atoms with Crippen LogP contribution in [0.3, 0.4) is 0 Å². The van der Waals surface area contributed by atoms with Crippen LogP contribution in [-0.2, 0) is 9.59 Å². The molecule has 0 aromatic carbocycles. The van der Waals surface area contributed by atoms with Gasteiger partial charge in [0.25, 0.3) is 0 Å². The average molecular weight is 377 g/mol. The maximum atomic E-state index is 9.40. The molecule has 70 valence electrons. The zero-order valence-corrected chi connectivity index (χ0v) is 11.3. The van der Waals surface area contributed by atoms with Crippen LogP contribution in [0.5, 0.6) is 0 Å². The van der Waals surface area contributed by atoms with E-state index < -0.39 is 11.9 Å². The molecule has 0 unspecified atom stereocenters. The number of hydrogen-bond acceptors (Lipinski definition) is 4. The van der Waals surface area contributed by atoms with Crippen molar-refractivity contribution < 1.29 is 19.8 Å². The third kappa shape index (κ3) is 34.7. The van der Waals surface area contributed by atoms with Crippen molar-refractivity contribution in [3.8, 4) is 0 Å². The van der Waals surface area contributed by atoms with Crippen molar-refractivity contribution in [2.24, 2.45) is 0 Å². The van der Waals surface area contributed by atoms with Crippen LogP contribution >= 0.6 is 0 Å². The Morgan fingerprint density at radius 2 is 1.15 bits per heavy atom. The predicted molar refractivity (Wildman–Crippen MR) is 45.4 cm³/mol. The number of carbonyl (C=O) groups excluding carboxylic acids is 2. The monoisotopic (exact) mass is 378 g/mol. The summed E-state index contributed by atoms with van der Waals surface area (Å²) in [6.07, 6.45) is 4.77. The Balaban J connectivity index is -0.000000143. The molecule has 0 aliphatic heterocycles. The van der Waals surface area contributed by atoms with Gasteiger partial charge in [0.2, 0.25) is 0 Å². The average Bonchev–Trinajstić information content (AvgIpc) is 1.87. The first-order valence-corrected chi connectivity index (χ1v) is 3.22. The van der Waals surface area contributed by atoms with Crippen LogP contribution in [-0.4, -0.2) is 39.2 Å². The smallest absolute Gasteiger partial charge is 0.545 e. The Morgan fingerprint density at radius 3 is 1.15 bits per heavy atom. The molecule has 0 saturated heterocycles. The Hall–Kier alpha value is -0.658. The van der Waals surface area contributed by atoms with Crippen molar-refractivity contribution in [1.29, 1.82) is 0 Å². The van der Waals surface area contributed by atoms with E-state index in [1.54, 1.807) is 13.8 Å². The Labute approximate surface area is 97.1 Å². The van der Waals surface area contributed by atoms with Gasteiger partial charge in [-0.05, 0) is 26.0 Å². The normalized spacial score (nSPS) is 8.77. The van der Waals surface area contributed by atoms with Crippen molar-refractivity contribution >= 4 is 39.2 Å². The third-order valence-electron chi connectivity index (χ3n) is 0.605. The van der Waals surface area contributed by atoms with Crippen LogP contribution in [0.1, 0.15) is 13.8 Å². The van der Waals surface area contributed by atoms with Gasteiger partial charge in [0.05, 0.1) is 11.9 Å². The molecule has 0 aromatic heterocycles. The molecule has 0 aliphatic carbocycles. The molecule has 0 spiro atoms. The summed E-state index contributed by atoms with van der Waals surface area (Å²) in [7, 11) is 0. The van der Waals surface area contributed by atoms with E-state index in [-0.39, 0.29) is 27.3 Å². The van der Waals surface area contributed by atoms with Crippen molar-refractivity contribution in [2.45, 2.75) is 13.8 Å². The summed E-state index contributed by atoms with van der Waals surface area (Å²) in [4.78, 5) is 18.8. The standard InChI is InChI=1S/2C4H6O2.Pb/c2*1-2-3-4(5)6;/h2*2-3H,1H3,(H,5,6);/q;;+2/p-2. The quantitative estimate of drug-likeness (QED) is 0.422. The molecular formula is C8H10O4Pb. The number of carboxylic acids is 2. The van der Waals surface area contributed by atoms with E-state index in [0.29, 0.717) is 0 Å². The van der Waals surface area contributed by atoms with Gasteiger partial charge in [-0.25, -0.2) is 0 Å². The number of carbonyl (C=O) groups is 2. The Bertz CT molecular complexity index is 174. The van der Waals surface area contributed by atoms with Crippen LogP contribution in [0, 0.1) is 0 Å². The number of hydrogen-bond donors (Lipinski definition) is 0. The van der Waals surface area contributed by atoms with Crippen molar-refractivity contribution in [2.75, 3.05) is 0 Å². The maximum Gasteiger partial charge on any atom is 2.00 e. The largest absolute Gasteiger partial charge is 2.00 e. The summed E-state index contributed by atoms with van der Waals surface area (Å²) in [5.74, 6) is -2.28. The molecule has 0 saturated carbocycles. The molecule has 0 atom stereocenters. The minimum absolute atomic E-state index is 0. The van der Waals surface area contributed by atoms with E-state index in [2.05, 4.69) is 0 Å². The molecule has 0 aromatic rings. The van der Waals surface area contributed by atoms with E-state index in [1.807, 2.05) is 0 Å². The number of carboxylic acid groups (broad SMARTS) is 2. The fraction of sp³-hybridized carbons (Fsp3) is 0.250. The predicted octanol–water partition coefficient (Wildman–Crippen LogP) is -1.76. The van der Waals surface area contributed by atoms with E-state index in [9.17, 15) is 19.8 Å². The van der Waals surface area contributed by atoms with Gasteiger partial charge in [0, 0.05) is 0 Å². The Kier molecular flexibility index (Phi) is 19.5. The van der Waals surface area contributed by atoms with E-state index in [0.717, 1.165) is 12.2 Å². The van der Waals surface area contributed by atoms with Gasteiger partial charge in [-0.15, -0.1) is 0 Å². The third-order valence-corrected chi connectivity index (χ3v) is 0.605. The summed E-state index contributed by atoms with van der Waals surface area (Å²) in [5, 5.41) is 18.8. The summed E-state index contributed by atoms with van der Waals surface area (Å²) in [6.45, 7) is 3.24. The van der Waals surface area contributed by atoms with E-state index in [4.69, 9.17) is 0 Å². The molecule has 0 amide bonds. The van der Waals surface area contributed by atoms with Gasteiger partial charge < -0.3 is 19.8 Å². The zero-order valence-electron chi connectivity index (χ0n) is 7.44. The van der Waals surface area contributed by atoms with Crippen molar-refractivity contribution in [3.05, 3.63) is 24.3 Å². The van der Waals surface area contributed by atoms with Gasteiger partial charge in [0.1, 0.15) is 0 Å². The molecule has 0 N–H and O–H groups in total. The topological polar surface area (TPSA) is 80.3 Å². The molecular weight excluding hydrogens is 367 g/mol. The van der Waals surface area contributed by atoms with Crippen LogP contribution in [0.25, 0.3) is 0 Å². The van der Waals surface area contributed by atoms with Gasteiger partial charge in [-0.3, -0.25) is 0 Å². The molecule has 0 heterocycles. The number of allylic oxidation sites excluding steroid dienone is 2. The van der Waals surface area contributed by atoms with Gasteiger partial charge in [-0.1, -0.05) is 12.2 Å². The first-order valence-electron chi connectivity index (χ1n) is 3.22. The first-order chi connectivity index (χ1) is 5.54. The summed E-state index contributed by atoms with van der Waals surface area (Å²) >= 11 is 0. The van der Waals surface area contributed by atoms with Crippen LogP contribution in [0.15, 0.2) is 24.3 Å². The minimum Gasteiger partial charge on any atom is -0.545 e. The van der Waals surface area contributed by atoms with Gasteiger partial charge >= 0.3 is 27.3 Å². The number of aliphatic carboxylic acids is 2. The molecule has 0 fully saturated rings. The van der Waals surface area contributed by atoms with E-state index >= 15 is 0 Å².